The molecule has 0 saturated carbocycles. The normalized spacial score (nSPS) is 10.7. The number of rotatable bonds is 1. The van der Waals surface area contributed by atoms with Crippen molar-refractivity contribution in [2.45, 2.75) is 0 Å². The van der Waals surface area contributed by atoms with Crippen molar-refractivity contribution >= 4 is 33.9 Å². The molecule has 7 heteroatoms. The van der Waals surface area contributed by atoms with E-state index in [4.69, 9.17) is 0 Å². The molecule has 0 aliphatic heterocycles. The van der Waals surface area contributed by atoms with Crippen LogP contribution in [0.3, 0.4) is 0 Å². The monoisotopic (exact) mass is 342 g/mol. The third-order valence-electron chi connectivity index (χ3n) is 1.62. The van der Waals surface area contributed by atoms with Gasteiger partial charge in [0.05, 0.1) is 5.56 Å². The lowest BCUT2D eigenvalue weighted by molar-refractivity contribution is 0.547. The van der Waals surface area contributed by atoms with E-state index in [1.165, 1.54) is 0 Å². The van der Waals surface area contributed by atoms with Crippen molar-refractivity contribution in [3.63, 3.8) is 0 Å². The van der Waals surface area contributed by atoms with Crippen molar-refractivity contribution in [2.24, 2.45) is 0 Å². The molecule has 2 nitrogen and oxygen atoms in total. The van der Waals surface area contributed by atoms with Gasteiger partial charge in [0, 0.05) is 12.1 Å². The van der Waals surface area contributed by atoms with Gasteiger partial charge in [-0.15, -0.1) is 10.2 Å². The summed E-state index contributed by atoms with van der Waals surface area (Å²) >= 11 is 2.92. The second-order valence-electron chi connectivity index (χ2n) is 2.60. The summed E-state index contributed by atoms with van der Waals surface area (Å²) in [5.74, 6) is -2.90. The lowest BCUT2D eigenvalue weighted by Crippen LogP contribution is -1.91. The second-order valence-corrected chi connectivity index (χ2v) is 5.34. The Kier molecular flexibility index (Phi) is 2.91. The zero-order chi connectivity index (χ0) is 11.0. The molecule has 0 saturated heterocycles. The highest BCUT2D eigenvalue weighted by atomic mass is 127. The summed E-state index contributed by atoms with van der Waals surface area (Å²) in [5.41, 5.74) is -0.336. The third-order valence-corrected chi connectivity index (χ3v) is 3.23. The molecule has 0 amide bonds. The Balaban J connectivity index is 2.62. The van der Waals surface area contributed by atoms with E-state index < -0.39 is 17.5 Å². The summed E-state index contributed by atoms with van der Waals surface area (Å²) in [6, 6.07) is 1.24. The SMILES string of the molecule is Fc1cc(F)c(-c2nnc(I)s2)c(F)c1. The molecule has 2 aromatic rings. The van der Waals surface area contributed by atoms with Gasteiger partial charge in [-0.1, -0.05) is 11.3 Å². The summed E-state index contributed by atoms with van der Waals surface area (Å²) in [6.45, 7) is 0. The van der Waals surface area contributed by atoms with Gasteiger partial charge in [0.25, 0.3) is 0 Å². The van der Waals surface area contributed by atoms with Crippen LogP contribution in [0.1, 0.15) is 0 Å². The van der Waals surface area contributed by atoms with Crippen molar-refractivity contribution < 1.29 is 13.2 Å². The van der Waals surface area contributed by atoms with Crippen LogP contribution >= 0.6 is 33.9 Å². The van der Waals surface area contributed by atoms with E-state index in [1.54, 1.807) is 0 Å². The second kappa shape index (κ2) is 4.05. The van der Waals surface area contributed by atoms with Gasteiger partial charge in [0.2, 0.25) is 0 Å². The van der Waals surface area contributed by atoms with E-state index in [0.29, 0.717) is 15.1 Å². The molecule has 0 aliphatic carbocycles. The molecule has 78 valence electrons. The summed E-state index contributed by atoms with van der Waals surface area (Å²) in [7, 11) is 0. The molecular weight excluding hydrogens is 340 g/mol. The van der Waals surface area contributed by atoms with Gasteiger partial charge in [0.1, 0.15) is 17.5 Å². The van der Waals surface area contributed by atoms with E-state index >= 15 is 0 Å². The van der Waals surface area contributed by atoms with Crippen LogP contribution in [0.4, 0.5) is 13.2 Å². The molecule has 1 aromatic carbocycles. The van der Waals surface area contributed by atoms with Gasteiger partial charge in [-0.05, 0) is 22.6 Å². The average molecular weight is 342 g/mol. The Hall–Kier alpha value is -0.700. The topological polar surface area (TPSA) is 25.8 Å². The molecule has 2 rings (SSSR count). The number of benzene rings is 1. The molecule has 0 radical (unpaired) electrons. The van der Waals surface area contributed by atoms with E-state index in [0.717, 1.165) is 11.3 Å². The third kappa shape index (κ3) is 2.12. The smallest absolute Gasteiger partial charge is 0.178 e. The lowest BCUT2D eigenvalue weighted by Gasteiger charge is -2.00. The molecule has 15 heavy (non-hydrogen) atoms. The van der Waals surface area contributed by atoms with Gasteiger partial charge in [-0.3, -0.25) is 0 Å². The first-order chi connectivity index (χ1) is 7.08. The molecule has 0 bridgehead atoms. The van der Waals surface area contributed by atoms with Crippen molar-refractivity contribution in [3.8, 4) is 10.6 Å². The van der Waals surface area contributed by atoms with Crippen LogP contribution in [0, 0.1) is 20.5 Å². The first-order valence-electron chi connectivity index (χ1n) is 3.72. The van der Waals surface area contributed by atoms with Gasteiger partial charge < -0.3 is 0 Å². The van der Waals surface area contributed by atoms with Gasteiger partial charge in [0.15, 0.2) is 8.02 Å². The highest BCUT2D eigenvalue weighted by Crippen LogP contribution is 2.29. The van der Waals surface area contributed by atoms with Crippen LogP contribution in [-0.4, -0.2) is 10.2 Å². The maximum Gasteiger partial charge on any atom is 0.178 e. The van der Waals surface area contributed by atoms with Crippen molar-refractivity contribution in [2.75, 3.05) is 0 Å². The molecule has 0 N–H and O–H groups in total. The summed E-state index contributed by atoms with van der Waals surface area (Å²) < 4.78 is 39.7. The van der Waals surface area contributed by atoms with Crippen LogP contribution in [0.15, 0.2) is 12.1 Å². The lowest BCUT2D eigenvalue weighted by atomic mass is 10.2. The van der Waals surface area contributed by atoms with Crippen LogP contribution in [0.25, 0.3) is 10.6 Å². The zero-order valence-corrected chi connectivity index (χ0v) is 9.94. The maximum atomic E-state index is 13.3. The quantitative estimate of drug-likeness (QED) is 0.744. The van der Waals surface area contributed by atoms with Crippen molar-refractivity contribution in [3.05, 3.63) is 32.6 Å². The minimum atomic E-state index is -0.972. The number of aromatic nitrogens is 2. The first kappa shape index (κ1) is 10.8. The highest BCUT2D eigenvalue weighted by molar-refractivity contribution is 14.1. The van der Waals surface area contributed by atoms with Crippen LogP contribution in [0.2, 0.25) is 0 Å². The first-order valence-corrected chi connectivity index (χ1v) is 5.61. The molecule has 1 heterocycles. The van der Waals surface area contributed by atoms with Crippen molar-refractivity contribution in [1.82, 2.24) is 10.2 Å². The number of halogens is 4. The molecular formula is C8H2F3IN2S. The predicted octanol–water partition coefficient (Wildman–Crippen LogP) is 3.23. The van der Waals surface area contributed by atoms with Gasteiger partial charge >= 0.3 is 0 Å². The summed E-state index contributed by atoms with van der Waals surface area (Å²) in [4.78, 5) is 0. The maximum absolute atomic E-state index is 13.3. The van der Waals surface area contributed by atoms with E-state index in [1.807, 2.05) is 22.6 Å². The van der Waals surface area contributed by atoms with E-state index in [-0.39, 0.29) is 10.6 Å². The number of nitrogens with zero attached hydrogens (tertiary/aromatic N) is 2. The highest BCUT2D eigenvalue weighted by Gasteiger charge is 2.17. The predicted molar refractivity (Wildman–Crippen MR) is 57.9 cm³/mol. The molecule has 0 spiro atoms. The summed E-state index contributed by atoms with van der Waals surface area (Å²) in [6.07, 6.45) is 0. The fraction of sp³-hybridized carbons (Fsp3) is 0. The van der Waals surface area contributed by atoms with E-state index in [9.17, 15) is 13.2 Å². The van der Waals surface area contributed by atoms with Crippen molar-refractivity contribution in [1.29, 1.82) is 0 Å². The Bertz CT molecular complexity index is 491. The Morgan fingerprint density at radius 1 is 1.07 bits per heavy atom. The minimum absolute atomic E-state index is 0.106. The molecule has 0 atom stereocenters. The number of hydrogen-bond acceptors (Lipinski definition) is 3. The fourth-order valence-corrected chi connectivity index (χ4v) is 2.41. The van der Waals surface area contributed by atoms with Crippen LogP contribution < -0.4 is 0 Å². The Morgan fingerprint density at radius 3 is 2.13 bits per heavy atom. The molecule has 0 unspecified atom stereocenters. The fourth-order valence-electron chi connectivity index (χ4n) is 1.05. The van der Waals surface area contributed by atoms with Gasteiger partial charge in [-0.2, -0.15) is 0 Å². The molecule has 1 aromatic heterocycles. The standard InChI is InChI=1S/C8H2F3IN2S/c9-3-1-4(10)6(5(11)2-3)7-13-14-8(12)15-7/h1-2H. The minimum Gasteiger partial charge on any atom is -0.207 e. The Labute approximate surface area is 100 Å². The van der Waals surface area contributed by atoms with E-state index in [2.05, 4.69) is 10.2 Å². The zero-order valence-electron chi connectivity index (χ0n) is 6.97. The van der Waals surface area contributed by atoms with Gasteiger partial charge in [-0.25, -0.2) is 13.2 Å². The Morgan fingerprint density at radius 2 is 1.67 bits per heavy atom. The number of hydrogen-bond donors (Lipinski definition) is 0. The molecule has 0 fully saturated rings. The van der Waals surface area contributed by atoms with Crippen LogP contribution in [0.5, 0.6) is 0 Å². The average Bonchev–Trinajstić information content (AvgIpc) is 2.49. The molecule has 0 aliphatic rings. The largest absolute Gasteiger partial charge is 0.207 e. The summed E-state index contributed by atoms with van der Waals surface area (Å²) in [5, 5.41) is 7.33. The van der Waals surface area contributed by atoms with Crippen LogP contribution in [-0.2, 0) is 0 Å².